The van der Waals surface area contributed by atoms with Gasteiger partial charge in [0.1, 0.15) is 0 Å². The molecular weight excluding hydrogens is 587 g/mol. The van der Waals surface area contributed by atoms with Crippen molar-refractivity contribution >= 4 is 97.3 Å². The van der Waals surface area contributed by atoms with Crippen LogP contribution >= 0.6 is 22.7 Å². The molecule has 2 N–H and O–H groups in total. The first-order chi connectivity index (χ1) is 22.2. The van der Waals surface area contributed by atoms with E-state index in [0.717, 1.165) is 22.5 Å². The summed E-state index contributed by atoms with van der Waals surface area (Å²) in [5.74, 6) is 0. The predicted molar refractivity (Wildman–Crippen MR) is 198 cm³/mol. The maximum absolute atomic E-state index is 8.12. The molecule has 5 heteroatoms. The molecule has 0 radical (unpaired) electrons. The summed E-state index contributed by atoms with van der Waals surface area (Å²) in [6.45, 7) is 0. The van der Waals surface area contributed by atoms with Crippen molar-refractivity contribution in [3.05, 3.63) is 132 Å². The van der Waals surface area contributed by atoms with E-state index in [4.69, 9.17) is 5.41 Å². The Balaban J connectivity index is 1.54. The average molecular weight is 614 g/mol. The first kappa shape index (κ1) is 26.2. The van der Waals surface area contributed by atoms with Crippen molar-refractivity contribution in [2.24, 2.45) is 0 Å². The molecule has 0 atom stereocenters. The van der Waals surface area contributed by atoms with E-state index in [-0.39, 0.29) is 0 Å². The highest BCUT2D eigenvalue weighted by Gasteiger charge is 2.23. The first-order valence-electron chi connectivity index (χ1n) is 15.0. The van der Waals surface area contributed by atoms with Crippen LogP contribution in [-0.2, 0) is 0 Å². The third-order valence-electron chi connectivity index (χ3n) is 9.00. The molecule has 0 saturated carbocycles. The zero-order chi connectivity index (χ0) is 30.1. The number of rotatable bonds is 5. The number of allylic oxidation sites excluding steroid dienone is 1. The number of hydrogen-bond donors (Lipinski definition) is 2. The maximum atomic E-state index is 8.12. The van der Waals surface area contributed by atoms with E-state index in [2.05, 4.69) is 131 Å². The monoisotopic (exact) mass is 613 g/mol. The molecule has 0 aliphatic carbocycles. The molecule has 6 aromatic carbocycles. The minimum Gasteiger partial charge on any atom is -0.388 e. The maximum Gasteiger partial charge on any atom is 0.0535 e. The van der Waals surface area contributed by atoms with Gasteiger partial charge in [-0.3, -0.25) is 0 Å². The van der Waals surface area contributed by atoms with Crippen LogP contribution in [0.3, 0.4) is 0 Å². The van der Waals surface area contributed by atoms with Gasteiger partial charge in [0, 0.05) is 83.2 Å². The summed E-state index contributed by atoms with van der Waals surface area (Å²) in [5, 5.41) is 23.8. The van der Waals surface area contributed by atoms with Gasteiger partial charge in [-0.05, 0) is 87.6 Å². The Morgan fingerprint density at radius 3 is 2.27 bits per heavy atom. The Bertz CT molecular complexity index is 2650. The molecule has 45 heavy (non-hydrogen) atoms. The highest BCUT2D eigenvalue weighted by atomic mass is 32.1. The molecule has 214 valence electrons. The van der Waals surface area contributed by atoms with Crippen molar-refractivity contribution in [1.82, 2.24) is 9.88 Å². The van der Waals surface area contributed by atoms with Gasteiger partial charge in [-0.25, -0.2) is 0 Å². The second-order valence-corrected chi connectivity index (χ2v) is 13.4. The number of aromatic nitrogens is 1. The molecule has 0 bridgehead atoms. The molecule has 9 aromatic rings. The highest BCUT2D eigenvalue weighted by molar-refractivity contribution is 7.25. The second kappa shape index (κ2) is 10.2. The molecule has 0 aliphatic rings. The number of fused-ring (bicyclic) bond motifs is 8. The van der Waals surface area contributed by atoms with E-state index in [1.165, 1.54) is 74.5 Å². The van der Waals surface area contributed by atoms with Crippen LogP contribution in [0.1, 0.15) is 5.56 Å². The van der Waals surface area contributed by atoms with Crippen molar-refractivity contribution in [3.8, 4) is 16.8 Å². The van der Waals surface area contributed by atoms with Gasteiger partial charge >= 0.3 is 0 Å². The number of para-hydroxylation sites is 1. The van der Waals surface area contributed by atoms with Crippen LogP contribution in [0.15, 0.2) is 127 Å². The lowest BCUT2D eigenvalue weighted by Gasteiger charge is -2.20. The fourth-order valence-corrected chi connectivity index (χ4v) is 9.08. The van der Waals surface area contributed by atoms with Crippen LogP contribution in [0.2, 0.25) is 0 Å². The van der Waals surface area contributed by atoms with Gasteiger partial charge in [0.25, 0.3) is 0 Å². The van der Waals surface area contributed by atoms with Crippen LogP contribution in [0.25, 0.3) is 85.2 Å². The SMILES string of the molecule is CNC(=CC=N)c1c(-c2csc3ccccc23)c2cc3c(cc2c2cc4ccn(-c5ccccc5)c4cc12)sc1ccccc13. The standard InChI is InChI=1S/C40H27N3S2/c1-42-34(15-17-41)40-32-21-35-24(16-18-43(35)25-9-3-2-4-10-25)19-28(32)29-22-38-30(26-11-6-8-14-37(26)45-38)20-31(29)39(40)33-23-44-36-13-7-5-12-27(33)36/h2-23,41-42H,1H3. The van der Waals surface area contributed by atoms with Crippen molar-refractivity contribution in [2.75, 3.05) is 7.05 Å². The van der Waals surface area contributed by atoms with Gasteiger partial charge in [0.05, 0.1) is 5.52 Å². The summed E-state index contributed by atoms with van der Waals surface area (Å²) in [5.41, 5.74) is 6.76. The van der Waals surface area contributed by atoms with Crippen molar-refractivity contribution in [2.45, 2.75) is 0 Å². The summed E-state index contributed by atoms with van der Waals surface area (Å²) >= 11 is 3.65. The number of nitrogens with zero attached hydrogens (tertiary/aromatic N) is 1. The van der Waals surface area contributed by atoms with Crippen LogP contribution in [-0.4, -0.2) is 17.8 Å². The second-order valence-electron chi connectivity index (χ2n) is 11.4. The number of nitrogens with one attached hydrogen (secondary N) is 2. The lowest BCUT2D eigenvalue weighted by atomic mass is 9.85. The molecule has 0 aliphatic heterocycles. The fraction of sp³-hybridized carbons (Fsp3) is 0.0250. The zero-order valence-electron chi connectivity index (χ0n) is 24.5. The van der Waals surface area contributed by atoms with Gasteiger partial charge in [-0.1, -0.05) is 54.6 Å². The molecule has 3 aromatic heterocycles. The lowest BCUT2D eigenvalue weighted by molar-refractivity contribution is 1.13. The number of benzene rings is 6. The van der Waals surface area contributed by atoms with Crippen LogP contribution in [0.4, 0.5) is 0 Å². The van der Waals surface area contributed by atoms with Gasteiger partial charge in [0.2, 0.25) is 0 Å². The Hall–Kier alpha value is -5.23. The molecule has 9 rings (SSSR count). The molecule has 3 heterocycles. The Labute approximate surface area is 267 Å². The smallest absolute Gasteiger partial charge is 0.0535 e. The van der Waals surface area contributed by atoms with E-state index in [0.29, 0.717) is 0 Å². The van der Waals surface area contributed by atoms with E-state index < -0.39 is 0 Å². The minimum absolute atomic E-state index is 0.926. The molecule has 0 fully saturated rings. The van der Waals surface area contributed by atoms with Crippen molar-refractivity contribution in [3.63, 3.8) is 0 Å². The molecule has 3 nitrogen and oxygen atoms in total. The molecule has 0 unspecified atom stereocenters. The Morgan fingerprint density at radius 1 is 0.689 bits per heavy atom. The third kappa shape index (κ3) is 3.91. The predicted octanol–water partition coefficient (Wildman–Crippen LogP) is 11.4. The third-order valence-corrected chi connectivity index (χ3v) is 11.1. The summed E-state index contributed by atoms with van der Waals surface area (Å²) in [4.78, 5) is 0. The van der Waals surface area contributed by atoms with E-state index in [9.17, 15) is 0 Å². The summed E-state index contributed by atoms with van der Waals surface area (Å²) in [7, 11) is 1.96. The highest BCUT2D eigenvalue weighted by Crippen LogP contribution is 2.48. The largest absolute Gasteiger partial charge is 0.388 e. The molecule has 0 saturated heterocycles. The van der Waals surface area contributed by atoms with E-state index in [1.54, 1.807) is 11.3 Å². The zero-order valence-corrected chi connectivity index (χ0v) is 26.1. The minimum atomic E-state index is 0.926. The van der Waals surface area contributed by atoms with Gasteiger partial charge < -0.3 is 15.3 Å². The van der Waals surface area contributed by atoms with Crippen molar-refractivity contribution < 1.29 is 0 Å². The average Bonchev–Trinajstić information content (AvgIpc) is 3.80. The van der Waals surface area contributed by atoms with Gasteiger partial charge in [0.15, 0.2) is 0 Å². The van der Waals surface area contributed by atoms with Crippen molar-refractivity contribution in [1.29, 1.82) is 5.41 Å². The lowest BCUT2D eigenvalue weighted by Crippen LogP contribution is -2.08. The topological polar surface area (TPSA) is 40.8 Å². The molecule has 0 spiro atoms. The quantitative estimate of drug-likeness (QED) is 0.147. The molecular formula is C40H27N3S2. The van der Waals surface area contributed by atoms with Gasteiger partial charge in [-0.15, -0.1) is 22.7 Å². The van der Waals surface area contributed by atoms with E-state index in [1.807, 2.05) is 24.5 Å². The van der Waals surface area contributed by atoms with Gasteiger partial charge in [-0.2, -0.15) is 0 Å². The van der Waals surface area contributed by atoms with Crippen LogP contribution < -0.4 is 5.32 Å². The summed E-state index contributed by atoms with van der Waals surface area (Å²) < 4.78 is 6.14. The normalized spacial score (nSPS) is 12.3. The molecule has 0 amide bonds. The fourth-order valence-electron chi connectivity index (χ4n) is 7.00. The summed E-state index contributed by atoms with van der Waals surface area (Å²) in [6, 6.07) is 39.7. The first-order valence-corrected chi connectivity index (χ1v) is 16.7. The Kier molecular flexibility index (Phi) is 5.92. The Morgan fingerprint density at radius 2 is 1.44 bits per heavy atom. The van der Waals surface area contributed by atoms with Crippen LogP contribution in [0.5, 0.6) is 0 Å². The summed E-state index contributed by atoms with van der Waals surface area (Å²) in [6.07, 6.45) is 5.44. The van der Waals surface area contributed by atoms with E-state index >= 15 is 0 Å². The number of hydrogen-bond acceptors (Lipinski definition) is 4. The van der Waals surface area contributed by atoms with Crippen LogP contribution in [0, 0.1) is 5.41 Å². The number of thiophene rings is 2.